The quantitative estimate of drug-likeness (QED) is 0.433. The largest absolute Gasteiger partial charge is 0.369 e. The third kappa shape index (κ3) is 2.30. The number of piperidine rings is 1. The molecule has 2 rings (SSSR count). The lowest BCUT2D eigenvalue weighted by Crippen LogP contribution is -2.51. The van der Waals surface area contributed by atoms with Crippen molar-refractivity contribution in [2.75, 3.05) is 13.6 Å². The first-order valence-electron chi connectivity index (χ1n) is 6.45. The summed E-state index contributed by atoms with van der Waals surface area (Å²) in [5.41, 5.74) is -0.677. The predicted molar refractivity (Wildman–Crippen MR) is 70.8 cm³/mol. The Labute approximate surface area is 108 Å². The van der Waals surface area contributed by atoms with Crippen LogP contribution in [0.4, 0.5) is 0 Å². The molecule has 0 amide bonds. The summed E-state index contributed by atoms with van der Waals surface area (Å²) in [7, 11) is 1.98. The summed E-state index contributed by atoms with van der Waals surface area (Å²) in [6.45, 7) is 0.874. The van der Waals surface area contributed by atoms with Gasteiger partial charge in [0.1, 0.15) is 0 Å². The maximum Gasteiger partial charge on any atom is 0.225 e. The number of hydrogen-bond acceptors (Lipinski definition) is 3. The van der Waals surface area contributed by atoms with Gasteiger partial charge >= 0.3 is 0 Å². The Balaban J connectivity index is 2.16. The molecule has 0 radical (unpaired) electrons. The fourth-order valence-electron chi connectivity index (χ4n) is 3.31. The van der Waals surface area contributed by atoms with Gasteiger partial charge in [-0.1, -0.05) is 18.6 Å². The van der Waals surface area contributed by atoms with Crippen molar-refractivity contribution in [2.24, 2.45) is 5.92 Å². The standard InChI is InChI=1S/C12H20N2O2S/c1-13-8-5-10(9-11(13)17)12(14(15)16)6-3-2-4-7-12/h10H,2-9H2,1H3. The van der Waals surface area contributed by atoms with Crippen LogP contribution in [0, 0.1) is 16.0 Å². The highest BCUT2D eigenvalue weighted by Crippen LogP contribution is 2.42. The van der Waals surface area contributed by atoms with Crippen molar-refractivity contribution >= 4 is 17.2 Å². The minimum Gasteiger partial charge on any atom is -0.369 e. The summed E-state index contributed by atoms with van der Waals surface area (Å²) in [6.07, 6.45) is 6.28. The molecule has 1 aliphatic carbocycles. The molecule has 2 fully saturated rings. The van der Waals surface area contributed by atoms with Gasteiger partial charge in [0, 0.05) is 43.7 Å². The van der Waals surface area contributed by atoms with Crippen LogP contribution in [0.1, 0.15) is 44.9 Å². The predicted octanol–water partition coefficient (Wildman–Crippen LogP) is 2.64. The molecule has 0 aromatic heterocycles. The van der Waals surface area contributed by atoms with Gasteiger partial charge in [0.2, 0.25) is 5.54 Å². The van der Waals surface area contributed by atoms with Gasteiger partial charge in [0.05, 0.1) is 4.99 Å². The van der Waals surface area contributed by atoms with Crippen molar-refractivity contribution in [3.05, 3.63) is 10.1 Å². The molecule has 5 heteroatoms. The van der Waals surface area contributed by atoms with Crippen molar-refractivity contribution in [3.63, 3.8) is 0 Å². The van der Waals surface area contributed by atoms with Crippen molar-refractivity contribution in [1.82, 2.24) is 4.90 Å². The van der Waals surface area contributed by atoms with E-state index < -0.39 is 5.54 Å². The van der Waals surface area contributed by atoms with Crippen LogP contribution in [-0.2, 0) is 0 Å². The minimum atomic E-state index is -0.677. The average Bonchev–Trinajstić information content (AvgIpc) is 2.33. The lowest BCUT2D eigenvalue weighted by atomic mass is 9.69. The molecular weight excluding hydrogens is 236 g/mol. The fraction of sp³-hybridized carbons (Fsp3) is 0.917. The van der Waals surface area contributed by atoms with E-state index in [0.29, 0.717) is 0 Å². The number of likely N-dealkylation sites (tertiary alicyclic amines) is 1. The maximum atomic E-state index is 11.5. The van der Waals surface area contributed by atoms with E-state index in [9.17, 15) is 10.1 Å². The van der Waals surface area contributed by atoms with E-state index in [-0.39, 0.29) is 10.8 Å². The van der Waals surface area contributed by atoms with Gasteiger partial charge in [-0.2, -0.15) is 0 Å². The van der Waals surface area contributed by atoms with E-state index in [2.05, 4.69) is 4.90 Å². The third-order valence-corrected chi connectivity index (χ3v) is 4.98. The second-order valence-electron chi connectivity index (χ2n) is 5.43. The molecule has 0 N–H and O–H groups in total. The Morgan fingerprint density at radius 3 is 2.59 bits per heavy atom. The van der Waals surface area contributed by atoms with E-state index in [1.54, 1.807) is 0 Å². The lowest BCUT2D eigenvalue weighted by molar-refractivity contribution is -0.586. The molecule has 1 saturated heterocycles. The first kappa shape index (κ1) is 12.7. The van der Waals surface area contributed by atoms with Crippen LogP contribution >= 0.6 is 12.2 Å². The molecule has 0 aromatic carbocycles. The Morgan fingerprint density at radius 2 is 2.06 bits per heavy atom. The highest BCUT2D eigenvalue weighted by molar-refractivity contribution is 7.80. The zero-order valence-electron chi connectivity index (χ0n) is 10.4. The van der Waals surface area contributed by atoms with E-state index in [1.807, 2.05) is 7.05 Å². The summed E-state index contributed by atoms with van der Waals surface area (Å²) < 4.78 is 0. The summed E-state index contributed by atoms with van der Waals surface area (Å²) >= 11 is 5.31. The van der Waals surface area contributed by atoms with Gasteiger partial charge < -0.3 is 4.90 Å². The zero-order chi connectivity index (χ0) is 12.5. The monoisotopic (exact) mass is 256 g/mol. The van der Waals surface area contributed by atoms with Crippen LogP contribution in [0.5, 0.6) is 0 Å². The highest BCUT2D eigenvalue weighted by Gasteiger charge is 2.51. The normalized spacial score (nSPS) is 29.1. The minimum absolute atomic E-state index is 0.00472. The van der Waals surface area contributed by atoms with Gasteiger partial charge in [-0.15, -0.1) is 0 Å². The van der Waals surface area contributed by atoms with Gasteiger partial charge in [-0.05, 0) is 19.3 Å². The van der Waals surface area contributed by atoms with E-state index in [0.717, 1.165) is 56.5 Å². The second-order valence-corrected chi connectivity index (χ2v) is 5.90. The smallest absolute Gasteiger partial charge is 0.225 e. The summed E-state index contributed by atoms with van der Waals surface area (Å²) in [4.78, 5) is 14.5. The first-order chi connectivity index (χ1) is 8.06. The maximum absolute atomic E-state index is 11.5. The topological polar surface area (TPSA) is 46.4 Å². The number of hydrogen-bond donors (Lipinski definition) is 0. The van der Waals surface area contributed by atoms with Crippen LogP contribution in [0.3, 0.4) is 0 Å². The average molecular weight is 256 g/mol. The van der Waals surface area contributed by atoms with E-state index >= 15 is 0 Å². The first-order valence-corrected chi connectivity index (χ1v) is 6.85. The third-order valence-electron chi connectivity index (χ3n) is 4.50. The molecule has 4 nitrogen and oxygen atoms in total. The number of thiocarbonyl (C=S) groups is 1. The van der Waals surface area contributed by atoms with E-state index in [1.165, 1.54) is 0 Å². The molecule has 2 aliphatic rings. The van der Waals surface area contributed by atoms with Crippen molar-refractivity contribution in [3.8, 4) is 0 Å². The Bertz CT molecular complexity index is 326. The Hall–Kier alpha value is -0.710. The van der Waals surface area contributed by atoms with E-state index in [4.69, 9.17) is 12.2 Å². The Kier molecular flexibility index (Phi) is 3.66. The van der Waals surface area contributed by atoms with Crippen LogP contribution in [0.15, 0.2) is 0 Å². The Morgan fingerprint density at radius 1 is 1.41 bits per heavy atom. The number of rotatable bonds is 2. The molecule has 0 bridgehead atoms. The van der Waals surface area contributed by atoms with Crippen molar-refractivity contribution < 1.29 is 4.92 Å². The molecule has 1 aliphatic heterocycles. The number of nitro groups is 1. The lowest BCUT2D eigenvalue weighted by Gasteiger charge is -2.40. The van der Waals surface area contributed by atoms with Gasteiger partial charge in [0.15, 0.2) is 0 Å². The van der Waals surface area contributed by atoms with Gasteiger partial charge in [0.25, 0.3) is 0 Å². The zero-order valence-corrected chi connectivity index (χ0v) is 11.2. The molecule has 1 heterocycles. The molecule has 0 spiro atoms. The van der Waals surface area contributed by atoms with Crippen molar-refractivity contribution in [2.45, 2.75) is 50.5 Å². The summed E-state index contributed by atoms with van der Waals surface area (Å²) in [5, 5.41) is 11.5. The molecule has 17 heavy (non-hydrogen) atoms. The molecule has 1 saturated carbocycles. The molecule has 0 aromatic rings. The summed E-state index contributed by atoms with van der Waals surface area (Å²) in [6, 6.07) is 0. The SMILES string of the molecule is CN1CCC(C2([N+](=O)[O-])CCCCC2)CC1=S. The van der Waals surface area contributed by atoms with Gasteiger partial charge in [-0.3, -0.25) is 10.1 Å². The highest BCUT2D eigenvalue weighted by atomic mass is 32.1. The molecule has 1 unspecified atom stereocenters. The van der Waals surface area contributed by atoms with Crippen LogP contribution in [0.25, 0.3) is 0 Å². The van der Waals surface area contributed by atoms with Crippen LogP contribution in [-0.4, -0.2) is 33.9 Å². The fourth-order valence-corrected chi connectivity index (χ4v) is 3.60. The second kappa shape index (κ2) is 4.88. The molecule has 1 atom stereocenters. The molecule has 96 valence electrons. The molecular formula is C12H20N2O2S. The van der Waals surface area contributed by atoms with Crippen LogP contribution < -0.4 is 0 Å². The number of nitrogens with zero attached hydrogens (tertiary/aromatic N) is 2. The summed E-state index contributed by atoms with van der Waals surface area (Å²) in [5.74, 6) is 0.154. The van der Waals surface area contributed by atoms with Gasteiger partial charge in [-0.25, -0.2) is 0 Å². The van der Waals surface area contributed by atoms with Crippen molar-refractivity contribution in [1.29, 1.82) is 0 Å². The van der Waals surface area contributed by atoms with Crippen LogP contribution in [0.2, 0.25) is 0 Å².